The minimum Gasteiger partial charge on any atom is -0.456 e. The minimum absolute atomic E-state index is 0.152. The molecule has 0 radical (unpaired) electrons. The van der Waals surface area contributed by atoms with E-state index < -0.39 is 10.8 Å². The lowest BCUT2D eigenvalue weighted by Crippen LogP contribution is -2.29. The molecule has 0 unspecified atom stereocenters. The predicted molar refractivity (Wildman–Crippen MR) is 568 cm³/mol. The second kappa shape index (κ2) is 30.2. The third-order valence-corrected chi connectivity index (χ3v) is 31.5. The number of fused-ring (bicyclic) bond motifs is 40. The number of hydrogen-bond donors (Lipinski definition) is 0. The van der Waals surface area contributed by atoms with Crippen molar-refractivity contribution < 1.29 is 9.47 Å². The normalized spacial score (nSPS) is 14.1. The van der Waals surface area contributed by atoms with Gasteiger partial charge in [-0.15, -0.1) is 0 Å². The van der Waals surface area contributed by atoms with Crippen LogP contribution in [0.15, 0.2) is 473 Å². The molecule has 138 heavy (non-hydrogen) atoms. The Balaban J connectivity index is 0.000000137. The number of hydrogen-bond acceptors (Lipinski definition) is 4. The molecule has 4 heteroatoms. The molecule has 648 valence electrons. The Morgan fingerprint density at radius 2 is 0.341 bits per heavy atom. The molecule has 0 fully saturated rings. The fourth-order valence-corrected chi connectivity index (χ4v) is 25.4. The maximum atomic E-state index is 6.66. The third-order valence-electron chi connectivity index (χ3n) is 31.5. The smallest absolute Gasteiger partial charge is 0.135 e. The second-order valence-electron chi connectivity index (χ2n) is 39.0. The van der Waals surface area contributed by atoms with Crippen LogP contribution in [-0.2, 0) is 21.7 Å². The molecular weight excluding hydrogens is 1670 g/mol. The molecule has 0 bridgehead atoms. The highest BCUT2D eigenvalue weighted by molar-refractivity contribution is 6.04. The van der Waals surface area contributed by atoms with Gasteiger partial charge in [-0.2, -0.15) is 0 Å². The van der Waals surface area contributed by atoms with E-state index in [9.17, 15) is 0 Å². The molecule has 0 N–H and O–H groups in total. The Morgan fingerprint density at radius 1 is 0.138 bits per heavy atom. The summed E-state index contributed by atoms with van der Waals surface area (Å²) in [5.41, 5.74) is 53.0. The van der Waals surface area contributed by atoms with Crippen molar-refractivity contribution in [3.8, 4) is 168 Å². The van der Waals surface area contributed by atoms with Crippen molar-refractivity contribution in [1.82, 2.24) is 0 Å². The summed E-state index contributed by atoms with van der Waals surface area (Å²) in [6.45, 7) is 9.46. The van der Waals surface area contributed by atoms with Crippen LogP contribution >= 0.6 is 0 Å². The summed E-state index contributed by atoms with van der Waals surface area (Å²) < 4.78 is 13.3. The first kappa shape index (κ1) is 79.4. The number of anilines is 6. The first-order valence-electron chi connectivity index (χ1n) is 48.2. The van der Waals surface area contributed by atoms with Crippen LogP contribution in [0.2, 0.25) is 0 Å². The van der Waals surface area contributed by atoms with E-state index in [-0.39, 0.29) is 10.8 Å². The van der Waals surface area contributed by atoms with Gasteiger partial charge in [0.1, 0.15) is 23.0 Å². The first-order chi connectivity index (χ1) is 68.0. The SMILES string of the molecule is CC1(C)c2ccccc2-c2ccc(N(c3ccc(-c4ccc5c(c4)-c4ccccc4C54c5ccccc5-c5ccccc5-c5ccccc54)cc3)c3ccc4c(c3)-c3ccccc3Oc3ccccc3-4)cc21.CC1(C)c2ccccc2-c2ccc(N(c3ccc4c(c3)-c3ccccc3Oc3ccccc3-4)c3ccc4c(c3)-c3ccccc3C43c4ccccc4-c4ccccc4-c4ccccc43)cc21. The summed E-state index contributed by atoms with van der Waals surface area (Å²) in [6, 6.07) is 176. The van der Waals surface area contributed by atoms with Gasteiger partial charge in [-0.05, 0) is 292 Å². The van der Waals surface area contributed by atoms with Gasteiger partial charge in [-0.25, -0.2) is 0 Å². The highest BCUT2D eigenvalue weighted by atomic mass is 16.5. The van der Waals surface area contributed by atoms with Crippen molar-refractivity contribution in [2.45, 2.75) is 49.4 Å². The lowest BCUT2D eigenvalue weighted by atomic mass is 9.66. The molecule has 21 aromatic carbocycles. The van der Waals surface area contributed by atoms with Gasteiger partial charge in [-0.3, -0.25) is 0 Å². The molecule has 0 amide bonds. The molecule has 0 atom stereocenters. The van der Waals surface area contributed by atoms with Gasteiger partial charge in [0.25, 0.3) is 0 Å². The topological polar surface area (TPSA) is 24.9 Å². The summed E-state index contributed by atoms with van der Waals surface area (Å²) in [7, 11) is 0. The Labute approximate surface area is 804 Å². The van der Waals surface area contributed by atoms with E-state index in [4.69, 9.17) is 9.47 Å². The zero-order valence-corrected chi connectivity index (χ0v) is 76.7. The zero-order chi connectivity index (χ0) is 91.4. The van der Waals surface area contributed by atoms with E-state index in [1.54, 1.807) is 0 Å². The largest absolute Gasteiger partial charge is 0.456 e. The van der Waals surface area contributed by atoms with Crippen LogP contribution in [0.25, 0.3) is 145 Å². The predicted octanol–water partition coefficient (Wildman–Crippen LogP) is 35.5. The maximum Gasteiger partial charge on any atom is 0.135 e. The standard InChI is InChI=1S/C70H47NO.C64H43NO/c1-69(2)61-25-11-5-21-54(61)56-39-37-48(43-66(56)69)71(47-36-38-51-57-23-9-15-29-67(57)72-68-30-16-10-24-58(68)59(51)42-47)46-34-31-44(32-35-46)45-33-40-65-60(41-45)55-22-8-14-28-64(55)70(65)62-26-12-6-19-52(62)49-17-3-4-18-50(49)53-20-7-13-27-63(53)70;1-63(2)55-25-11-5-21-48(55)50-35-32-42(39-60(50)63)65(40-31-34-45-51-23-9-15-29-61(51)66-62-30-16-10-24-52(62)53(45)37-40)41-33-36-59-54(38-41)49-22-8-14-28-58(49)64(59)56-26-12-6-19-46(56)43-17-3-4-18-44(43)47-20-7-13-27-57(47)64/h3-43H,1-2H3;3-39H,1-2H3. The van der Waals surface area contributed by atoms with Gasteiger partial charge in [0.15, 0.2) is 0 Å². The highest BCUT2D eigenvalue weighted by Crippen LogP contribution is 2.66. The minimum atomic E-state index is -0.550. The fraction of sp³-hybridized carbons (Fsp3) is 0.0597. The van der Waals surface area contributed by atoms with Crippen LogP contribution in [0.4, 0.5) is 34.1 Å². The lowest BCUT2D eigenvalue weighted by molar-refractivity contribution is 0.487. The Kier molecular flexibility index (Phi) is 17.4. The molecule has 0 saturated heterocycles. The first-order valence-corrected chi connectivity index (χ1v) is 48.2. The van der Waals surface area contributed by atoms with Gasteiger partial charge in [0.2, 0.25) is 0 Å². The summed E-state index contributed by atoms with van der Waals surface area (Å²) in [5, 5.41) is 0. The van der Waals surface area contributed by atoms with E-state index in [1.807, 2.05) is 6.07 Å². The summed E-state index contributed by atoms with van der Waals surface area (Å²) >= 11 is 0. The molecule has 2 aliphatic heterocycles. The van der Waals surface area contributed by atoms with Crippen LogP contribution in [0.3, 0.4) is 0 Å². The molecule has 2 spiro atoms. The van der Waals surface area contributed by atoms with Gasteiger partial charge in [-0.1, -0.05) is 398 Å². The number of para-hydroxylation sites is 4. The molecule has 4 nitrogen and oxygen atoms in total. The zero-order valence-electron chi connectivity index (χ0n) is 76.7. The van der Waals surface area contributed by atoms with Gasteiger partial charge in [0, 0.05) is 67.2 Å². The highest BCUT2D eigenvalue weighted by Gasteiger charge is 2.53. The second-order valence-corrected chi connectivity index (χ2v) is 39.0. The monoisotopic (exact) mass is 1760 g/mol. The van der Waals surface area contributed by atoms with Crippen molar-refractivity contribution in [3.05, 3.63) is 540 Å². The molecular formula is C134H90N2O2. The van der Waals surface area contributed by atoms with Crippen molar-refractivity contribution in [2.75, 3.05) is 9.80 Å². The van der Waals surface area contributed by atoms with Crippen LogP contribution in [-0.4, -0.2) is 0 Å². The number of ether oxygens (including phenoxy) is 2. The van der Waals surface area contributed by atoms with E-state index in [0.29, 0.717) is 0 Å². The molecule has 6 aliphatic carbocycles. The average Bonchev–Trinajstić information content (AvgIpc) is 1.52. The Hall–Kier alpha value is -17.2. The van der Waals surface area contributed by atoms with Crippen LogP contribution < -0.4 is 19.3 Å². The van der Waals surface area contributed by atoms with Crippen molar-refractivity contribution >= 4 is 34.1 Å². The van der Waals surface area contributed by atoms with E-state index >= 15 is 0 Å². The van der Waals surface area contributed by atoms with E-state index in [1.165, 1.54) is 167 Å². The van der Waals surface area contributed by atoms with Crippen LogP contribution in [0.1, 0.15) is 94.5 Å². The maximum absolute atomic E-state index is 6.66. The summed E-state index contributed by atoms with van der Waals surface area (Å²) in [4.78, 5) is 4.92. The number of nitrogens with zero attached hydrogens (tertiary/aromatic N) is 2. The van der Waals surface area contributed by atoms with Crippen molar-refractivity contribution in [1.29, 1.82) is 0 Å². The third kappa shape index (κ3) is 11.4. The Bertz CT molecular complexity index is 8630. The molecule has 21 aromatic rings. The van der Waals surface area contributed by atoms with Gasteiger partial charge < -0.3 is 19.3 Å². The van der Waals surface area contributed by atoms with Gasteiger partial charge >= 0.3 is 0 Å². The quantitative estimate of drug-likeness (QED) is 0.159. The number of benzene rings is 21. The van der Waals surface area contributed by atoms with Crippen LogP contribution in [0, 0.1) is 0 Å². The molecule has 0 saturated carbocycles. The van der Waals surface area contributed by atoms with Crippen LogP contribution in [0.5, 0.6) is 23.0 Å². The fourth-order valence-electron chi connectivity index (χ4n) is 25.4. The van der Waals surface area contributed by atoms with E-state index in [0.717, 1.165) is 102 Å². The molecule has 29 rings (SSSR count). The number of rotatable bonds is 7. The molecule has 0 aromatic heterocycles. The lowest BCUT2D eigenvalue weighted by Gasteiger charge is -2.35. The molecule has 2 heterocycles. The molecule has 8 aliphatic rings. The van der Waals surface area contributed by atoms with E-state index in [2.05, 4.69) is 505 Å². The summed E-state index contributed by atoms with van der Waals surface area (Å²) in [5.74, 6) is 3.44. The summed E-state index contributed by atoms with van der Waals surface area (Å²) in [6.07, 6.45) is 0. The Morgan fingerprint density at radius 3 is 0.688 bits per heavy atom. The van der Waals surface area contributed by atoms with Crippen molar-refractivity contribution in [2.24, 2.45) is 0 Å². The van der Waals surface area contributed by atoms with Gasteiger partial charge in [0.05, 0.1) is 10.8 Å². The average molecular weight is 1760 g/mol. The van der Waals surface area contributed by atoms with Crippen molar-refractivity contribution in [3.63, 3.8) is 0 Å².